The van der Waals surface area contributed by atoms with Crippen molar-refractivity contribution in [3.63, 3.8) is 0 Å². The van der Waals surface area contributed by atoms with Crippen LogP contribution in [0.2, 0.25) is 0 Å². The maximum Gasteiger partial charge on any atom is 0.119 e. The quantitative estimate of drug-likeness (QED) is 0.775. The average Bonchev–Trinajstić information content (AvgIpc) is 2.30. The second-order valence-electron chi connectivity index (χ2n) is 4.06. The van der Waals surface area contributed by atoms with Gasteiger partial charge in [0, 0.05) is 6.07 Å². The Labute approximate surface area is 105 Å². The molecule has 0 unspecified atom stereocenters. The van der Waals surface area contributed by atoms with Crippen LogP contribution in [-0.4, -0.2) is 15.3 Å². The van der Waals surface area contributed by atoms with Crippen molar-refractivity contribution in [1.29, 1.82) is 0 Å². The monoisotopic (exact) mass is 242 g/mol. The molecule has 0 radical (unpaired) electrons. The van der Waals surface area contributed by atoms with Gasteiger partial charge in [0.15, 0.2) is 0 Å². The molecule has 92 valence electrons. The molecule has 0 bridgehead atoms. The fourth-order valence-electron chi connectivity index (χ4n) is 1.68. The first-order valence-electron chi connectivity index (χ1n) is 5.61. The fraction of sp³-hybridized carbons (Fsp3) is 0.0667. The summed E-state index contributed by atoms with van der Waals surface area (Å²) in [5.41, 5.74) is 1.82. The van der Waals surface area contributed by atoms with E-state index < -0.39 is 0 Å². The number of hydrogen-bond donors (Lipinski definition) is 3. The average molecular weight is 242 g/mol. The van der Waals surface area contributed by atoms with E-state index in [4.69, 9.17) is 5.11 Å². The van der Waals surface area contributed by atoms with Crippen LogP contribution in [0.25, 0.3) is 6.08 Å². The van der Waals surface area contributed by atoms with Gasteiger partial charge in [0.25, 0.3) is 0 Å². The zero-order chi connectivity index (χ0) is 13.0. The van der Waals surface area contributed by atoms with Crippen LogP contribution in [0.3, 0.4) is 0 Å². The summed E-state index contributed by atoms with van der Waals surface area (Å²) in [4.78, 5) is 0. The van der Waals surface area contributed by atoms with Crippen LogP contribution in [-0.2, 0) is 6.42 Å². The minimum atomic E-state index is 0.0410. The number of rotatable bonds is 3. The lowest BCUT2D eigenvalue weighted by Crippen LogP contribution is -1.79. The number of phenolic OH excluding ortho intramolecular Hbond substituents is 3. The highest BCUT2D eigenvalue weighted by Crippen LogP contribution is 2.21. The van der Waals surface area contributed by atoms with Gasteiger partial charge in [-0.05, 0) is 41.8 Å². The van der Waals surface area contributed by atoms with E-state index in [1.165, 1.54) is 6.07 Å². The van der Waals surface area contributed by atoms with Crippen molar-refractivity contribution in [2.75, 3.05) is 0 Å². The lowest BCUT2D eigenvalue weighted by atomic mass is 10.1. The second kappa shape index (κ2) is 5.27. The molecule has 0 atom stereocenters. The number of benzene rings is 2. The largest absolute Gasteiger partial charge is 0.508 e. The molecule has 18 heavy (non-hydrogen) atoms. The van der Waals surface area contributed by atoms with Crippen LogP contribution in [0.15, 0.2) is 48.5 Å². The molecule has 2 rings (SSSR count). The van der Waals surface area contributed by atoms with Gasteiger partial charge in [-0.15, -0.1) is 0 Å². The number of allylic oxidation sites excluding steroid dienone is 1. The van der Waals surface area contributed by atoms with Crippen LogP contribution in [0.1, 0.15) is 11.1 Å². The molecule has 0 saturated carbocycles. The molecular formula is C15H14O3. The summed E-state index contributed by atoms with van der Waals surface area (Å²) < 4.78 is 0. The highest BCUT2D eigenvalue weighted by atomic mass is 16.3. The molecule has 3 nitrogen and oxygen atoms in total. The van der Waals surface area contributed by atoms with Crippen LogP contribution in [0, 0.1) is 0 Å². The summed E-state index contributed by atoms with van der Waals surface area (Å²) in [6, 6.07) is 11.4. The Morgan fingerprint density at radius 2 is 1.39 bits per heavy atom. The van der Waals surface area contributed by atoms with Crippen molar-refractivity contribution in [2.24, 2.45) is 0 Å². The maximum atomic E-state index is 9.32. The summed E-state index contributed by atoms with van der Waals surface area (Å²) in [6.07, 6.45) is 4.48. The molecular weight excluding hydrogens is 228 g/mol. The SMILES string of the molecule is Oc1ccc(C/C=C/c2cc(O)cc(O)c2)cc1. The smallest absolute Gasteiger partial charge is 0.119 e. The van der Waals surface area contributed by atoms with Gasteiger partial charge in [0.1, 0.15) is 17.2 Å². The van der Waals surface area contributed by atoms with Crippen LogP contribution in [0.4, 0.5) is 0 Å². The van der Waals surface area contributed by atoms with Gasteiger partial charge < -0.3 is 15.3 Å². The third-order valence-electron chi connectivity index (χ3n) is 2.53. The Morgan fingerprint density at radius 1 is 0.778 bits per heavy atom. The van der Waals surface area contributed by atoms with Gasteiger partial charge in [-0.2, -0.15) is 0 Å². The van der Waals surface area contributed by atoms with E-state index in [1.807, 2.05) is 24.3 Å². The Morgan fingerprint density at radius 3 is 2.00 bits per heavy atom. The van der Waals surface area contributed by atoms with Crippen molar-refractivity contribution in [2.45, 2.75) is 6.42 Å². The van der Waals surface area contributed by atoms with E-state index in [0.717, 1.165) is 17.5 Å². The van der Waals surface area contributed by atoms with Crippen LogP contribution < -0.4 is 0 Å². The highest BCUT2D eigenvalue weighted by molar-refractivity contribution is 5.55. The first kappa shape index (κ1) is 12.0. The predicted molar refractivity (Wildman–Crippen MR) is 70.6 cm³/mol. The minimum absolute atomic E-state index is 0.0410. The molecule has 0 amide bonds. The molecule has 0 spiro atoms. The van der Waals surface area contributed by atoms with Gasteiger partial charge in [-0.1, -0.05) is 24.3 Å². The zero-order valence-electron chi connectivity index (χ0n) is 9.74. The number of phenols is 3. The Hall–Kier alpha value is -2.42. The predicted octanol–water partition coefficient (Wildman–Crippen LogP) is 3.06. The molecule has 0 aromatic heterocycles. The molecule has 3 N–H and O–H groups in total. The maximum absolute atomic E-state index is 9.32. The summed E-state index contributed by atoms with van der Waals surface area (Å²) in [7, 11) is 0. The molecule has 0 aliphatic carbocycles. The van der Waals surface area contributed by atoms with Gasteiger partial charge in [0.2, 0.25) is 0 Å². The first-order valence-corrected chi connectivity index (χ1v) is 5.61. The van der Waals surface area contributed by atoms with Gasteiger partial charge in [0.05, 0.1) is 0 Å². The summed E-state index contributed by atoms with van der Waals surface area (Å²) in [6.45, 7) is 0. The van der Waals surface area contributed by atoms with Gasteiger partial charge in [-0.25, -0.2) is 0 Å². The van der Waals surface area contributed by atoms with Crippen molar-refractivity contribution in [1.82, 2.24) is 0 Å². The third-order valence-corrected chi connectivity index (χ3v) is 2.53. The molecule has 0 heterocycles. The van der Waals surface area contributed by atoms with Crippen molar-refractivity contribution in [3.8, 4) is 17.2 Å². The van der Waals surface area contributed by atoms with Gasteiger partial charge >= 0.3 is 0 Å². The van der Waals surface area contributed by atoms with Crippen molar-refractivity contribution >= 4 is 6.08 Å². The van der Waals surface area contributed by atoms with E-state index in [0.29, 0.717) is 0 Å². The van der Waals surface area contributed by atoms with Gasteiger partial charge in [-0.3, -0.25) is 0 Å². The van der Waals surface area contributed by atoms with Crippen LogP contribution >= 0.6 is 0 Å². The van der Waals surface area contributed by atoms with E-state index in [1.54, 1.807) is 24.3 Å². The van der Waals surface area contributed by atoms with E-state index in [-0.39, 0.29) is 17.2 Å². The Balaban J connectivity index is 2.05. The van der Waals surface area contributed by atoms with Crippen LogP contribution in [0.5, 0.6) is 17.2 Å². The topological polar surface area (TPSA) is 60.7 Å². The molecule has 0 aliphatic heterocycles. The summed E-state index contributed by atoms with van der Waals surface area (Å²) in [5.74, 6) is 0.333. The fourth-order valence-corrected chi connectivity index (χ4v) is 1.68. The molecule has 2 aromatic rings. The van der Waals surface area contributed by atoms with Crippen molar-refractivity contribution < 1.29 is 15.3 Å². The second-order valence-corrected chi connectivity index (χ2v) is 4.06. The Kier molecular flexibility index (Phi) is 3.53. The molecule has 0 aliphatic rings. The standard InChI is InChI=1S/C15H14O3/c16-13-6-4-11(5-7-13)2-1-3-12-8-14(17)10-15(18)9-12/h1,3-10,16-18H,2H2/b3-1+. The minimum Gasteiger partial charge on any atom is -0.508 e. The van der Waals surface area contributed by atoms with Crippen molar-refractivity contribution in [3.05, 3.63) is 59.7 Å². The van der Waals surface area contributed by atoms with E-state index in [9.17, 15) is 10.2 Å². The molecule has 0 fully saturated rings. The summed E-state index contributed by atoms with van der Waals surface area (Å²) >= 11 is 0. The molecule has 3 heteroatoms. The number of aromatic hydroxyl groups is 3. The highest BCUT2D eigenvalue weighted by Gasteiger charge is 1.96. The Bertz CT molecular complexity index is 536. The normalized spacial score (nSPS) is 10.9. The third kappa shape index (κ3) is 3.28. The zero-order valence-corrected chi connectivity index (χ0v) is 9.74. The van der Waals surface area contributed by atoms with E-state index >= 15 is 0 Å². The number of hydrogen-bond acceptors (Lipinski definition) is 3. The molecule has 0 saturated heterocycles. The van der Waals surface area contributed by atoms with E-state index in [2.05, 4.69) is 0 Å². The molecule has 2 aromatic carbocycles. The lowest BCUT2D eigenvalue weighted by molar-refractivity contribution is 0.450. The lowest BCUT2D eigenvalue weighted by Gasteiger charge is -1.99. The first-order chi connectivity index (χ1) is 8.63. The summed E-state index contributed by atoms with van der Waals surface area (Å²) in [5, 5.41) is 27.8.